The van der Waals surface area contributed by atoms with Crippen LogP contribution < -0.4 is 5.32 Å². The number of carboxylic acids is 1. The summed E-state index contributed by atoms with van der Waals surface area (Å²) in [7, 11) is 0. The lowest BCUT2D eigenvalue weighted by Gasteiger charge is -2.08. The van der Waals surface area contributed by atoms with Crippen molar-refractivity contribution in [1.29, 1.82) is 0 Å². The number of benzene rings is 1. The van der Waals surface area contributed by atoms with E-state index in [1.807, 2.05) is 18.2 Å². The molecule has 0 aromatic heterocycles. The zero-order valence-corrected chi connectivity index (χ0v) is 7.86. The maximum atomic E-state index is 10.8. The van der Waals surface area contributed by atoms with Crippen LogP contribution in [0.5, 0.6) is 0 Å². The van der Waals surface area contributed by atoms with Gasteiger partial charge >= 0.3 is 5.97 Å². The molecule has 0 saturated carbocycles. The van der Waals surface area contributed by atoms with E-state index in [1.54, 1.807) is 0 Å². The van der Waals surface area contributed by atoms with Crippen molar-refractivity contribution in [3.8, 4) is 0 Å². The Morgan fingerprint density at radius 3 is 2.79 bits per heavy atom. The van der Waals surface area contributed by atoms with Crippen LogP contribution in [-0.2, 0) is 17.8 Å². The van der Waals surface area contributed by atoms with Crippen LogP contribution in [0.1, 0.15) is 17.5 Å². The number of rotatable bonds is 1. The number of fused-ring (bicyclic) bond motifs is 1. The molecule has 0 unspecified atom stereocenters. The highest BCUT2D eigenvalue weighted by molar-refractivity contribution is 5.73. The Kier molecular flexibility index (Phi) is 2.50. The zero-order chi connectivity index (χ0) is 9.97. The van der Waals surface area contributed by atoms with Crippen LogP contribution in [0.2, 0.25) is 0 Å². The summed E-state index contributed by atoms with van der Waals surface area (Å²) in [4.78, 5) is 10.8. The Hall–Kier alpha value is -1.35. The normalized spacial score (nSPS) is 21.0. The molecule has 0 saturated heterocycles. The highest BCUT2D eigenvalue weighted by atomic mass is 16.4. The topological polar surface area (TPSA) is 49.3 Å². The second-order valence-electron chi connectivity index (χ2n) is 3.58. The SMILES string of the molecule is O=C(O)[C@H]1CCc2ccccc2CN1. The van der Waals surface area contributed by atoms with E-state index in [0.29, 0.717) is 13.0 Å². The van der Waals surface area contributed by atoms with Crippen molar-refractivity contribution >= 4 is 5.97 Å². The van der Waals surface area contributed by atoms with Crippen LogP contribution in [-0.4, -0.2) is 17.1 Å². The maximum Gasteiger partial charge on any atom is 0.320 e. The molecule has 2 N–H and O–H groups in total. The van der Waals surface area contributed by atoms with Gasteiger partial charge in [-0.1, -0.05) is 24.3 Å². The molecule has 2 rings (SSSR count). The Morgan fingerprint density at radius 1 is 1.36 bits per heavy atom. The van der Waals surface area contributed by atoms with E-state index in [-0.39, 0.29) is 0 Å². The molecule has 1 heterocycles. The average molecular weight is 191 g/mol. The molecule has 0 spiro atoms. The van der Waals surface area contributed by atoms with Crippen molar-refractivity contribution in [1.82, 2.24) is 5.32 Å². The first kappa shape index (κ1) is 9.21. The van der Waals surface area contributed by atoms with E-state index >= 15 is 0 Å². The number of hydrogen-bond donors (Lipinski definition) is 2. The van der Waals surface area contributed by atoms with Crippen LogP contribution >= 0.6 is 0 Å². The summed E-state index contributed by atoms with van der Waals surface area (Å²) in [5, 5.41) is 11.9. The fourth-order valence-electron chi connectivity index (χ4n) is 1.82. The highest BCUT2D eigenvalue weighted by Gasteiger charge is 2.20. The van der Waals surface area contributed by atoms with Crippen LogP contribution in [0.15, 0.2) is 24.3 Å². The van der Waals surface area contributed by atoms with Gasteiger partial charge in [-0.2, -0.15) is 0 Å². The minimum absolute atomic E-state index is 0.401. The van der Waals surface area contributed by atoms with Crippen molar-refractivity contribution in [3.63, 3.8) is 0 Å². The van der Waals surface area contributed by atoms with Crippen molar-refractivity contribution in [3.05, 3.63) is 35.4 Å². The van der Waals surface area contributed by atoms with Crippen LogP contribution in [0.25, 0.3) is 0 Å². The summed E-state index contributed by atoms with van der Waals surface area (Å²) < 4.78 is 0. The van der Waals surface area contributed by atoms with Crippen molar-refractivity contribution < 1.29 is 9.90 Å². The van der Waals surface area contributed by atoms with Gasteiger partial charge in [0.1, 0.15) is 6.04 Å². The quantitative estimate of drug-likeness (QED) is 0.700. The fourth-order valence-corrected chi connectivity index (χ4v) is 1.82. The number of aryl methyl sites for hydroxylation is 1. The Bertz CT molecular complexity index is 322. The minimum atomic E-state index is -0.752. The summed E-state index contributed by atoms with van der Waals surface area (Å²) in [6, 6.07) is 7.71. The molecule has 3 nitrogen and oxygen atoms in total. The van der Waals surface area contributed by atoms with E-state index < -0.39 is 12.0 Å². The third kappa shape index (κ3) is 1.77. The van der Waals surface area contributed by atoms with Gasteiger partial charge in [-0.3, -0.25) is 4.79 Å². The largest absolute Gasteiger partial charge is 0.480 e. The van der Waals surface area contributed by atoms with E-state index in [2.05, 4.69) is 11.4 Å². The summed E-state index contributed by atoms with van der Waals surface area (Å²) >= 11 is 0. The smallest absolute Gasteiger partial charge is 0.320 e. The molecule has 74 valence electrons. The second-order valence-corrected chi connectivity index (χ2v) is 3.58. The number of carbonyl (C=O) groups is 1. The van der Waals surface area contributed by atoms with Crippen LogP contribution in [0.4, 0.5) is 0 Å². The van der Waals surface area contributed by atoms with Gasteiger partial charge in [0.2, 0.25) is 0 Å². The van der Waals surface area contributed by atoms with Crippen molar-refractivity contribution in [2.24, 2.45) is 0 Å². The molecule has 1 aliphatic rings. The second kappa shape index (κ2) is 3.80. The number of nitrogens with one attached hydrogen (secondary N) is 1. The van der Waals surface area contributed by atoms with Crippen LogP contribution in [0.3, 0.4) is 0 Å². The Balaban J connectivity index is 2.18. The van der Waals surface area contributed by atoms with Gasteiger partial charge < -0.3 is 10.4 Å². The predicted octanol–water partition coefficient (Wildman–Crippen LogP) is 1.18. The van der Waals surface area contributed by atoms with Gasteiger partial charge in [0.25, 0.3) is 0 Å². The average Bonchev–Trinajstić information content (AvgIpc) is 2.39. The lowest BCUT2D eigenvalue weighted by atomic mass is 10.0. The van der Waals surface area contributed by atoms with Gasteiger partial charge in [0.15, 0.2) is 0 Å². The summed E-state index contributed by atoms with van der Waals surface area (Å²) in [5.41, 5.74) is 2.49. The third-order valence-corrected chi connectivity index (χ3v) is 2.66. The number of aliphatic carboxylic acids is 1. The Labute approximate surface area is 82.8 Å². The van der Waals surface area contributed by atoms with Crippen LogP contribution in [0, 0.1) is 0 Å². The van der Waals surface area contributed by atoms with E-state index in [0.717, 1.165) is 6.42 Å². The molecule has 1 aliphatic heterocycles. The lowest BCUT2D eigenvalue weighted by Crippen LogP contribution is -2.35. The third-order valence-electron chi connectivity index (χ3n) is 2.66. The standard InChI is InChI=1S/C11H13NO2/c13-11(14)10-6-5-8-3-1-2-4-9(8)7-12-10/h1-4,10,12H,5-7H2,(H,13,14)/t10-/m1/s1. The molecule has 0 fully saturated rings. The molecular weight excluding hydrogens is 178 g/mol. The summed E-state index contributed by atoms with van der Waals surface area (Å²) in [6.45, 7) is 0.660. The monoisotopic (exact) mass is 191 g/mol. The summed E-state index contributed by atoms with van der Waals surface area (Å²) in [5.74, 6) is -0.752. The minimum Gasteiger partial charge on any atom is -0.480 e. The molecule has 1 aromatic carbocycles. The van der Waals surface area contributed by atoms with E-state index in [9.17, 15) is 4.79 Å². The van der Waals surface area contributed by atoms with Gasteiger partial charge in [-0.25, -0.2) is 0 Å². The Morgan fingerprint density at radius 2 is 2.07 bits per heavy atom. The molecule has 0 radical (unpaired) electrons. The van der Waals surface area contributed by atoms with Gasteiger partial charge in [0.05, 0.1) is 0 Å². The van der Waals surface area contributed by atoms with Gasteiger partial charge in [0, 0.05) is 6.54 Å². The number of carboxylic acid groups (broad SMARTS) is 1. The lowest BCUT2D eigenvalue weighted by molar-refractivity contribution is -0.139. The molecule has 3 heteroatoms. The van der Waals surface area contributed by atoms with Gasteiger partial charge in [-0.05, 0) is 24.0 Å². The molecule has 1 aromatic rings. The highest BCUT2D eigenvalue weighted by Crippen LogP contribution is 2.16. The molecule has 14 heavy (non-hydrogen) atoms. The maximum absolute atomic E-state index is 10.8. The van der Waals surface area contributed by atoms with Crippen molar-refractivity contribution in [2.45, 2.75) is 25.4 Å². The first-order chi connectivity index (χ1) is 6.77. The molecule has 1 atom stereocenters. The molecular formula is C11H13NO2. The first-order valence-electron chi connectivity index (χ1n) is 4.80. The molecule has 0 bridgehead atoms. The number of hydrogen-bond acceptors (Lipinski definition) is 2. The van der Waals surface area contributed by atoms with E-state index in [4.69, 9.17) is 5.11 Å². The predicted molar refractivity (Wildman–Crippen MR) is 53.0 cm³/mol. The van der Waals surface area contributed by atoms with Crippen molar-refractivity contribution in [2.75, 3.05) is 0 Å². The van der Waals surface area contributed by atoms with E-state index in [1.165, 1.54) is 11.1 Å². The molecule has 0 aliphatic carbocycles. The molecule has 0 amide bonds. The fraction of sp³-hybridized carbons (Fsp3) is 0.364. The summed E-state index contributed by atoms with van der Waals surface area (Å²) in [6.07, 6.45) is 1.52. The van der Waals surface area contributed by atoms with Gasteiger partial charge in [-0.15, -0.1) is 0 Å². The first-order valence-corrected chi connectivity index (χ1v) is 4.80. The zero-order valence-electron chi connectivity index (χ0n) is 7.86.